The molecule has 0 atom stereocenters. The first-order valence-corrected chi connectivity index (χ1v) is 5.79. The summed E-state index contributed by atoms with van der Waals surface area (Å²) in [6.07, 6.45) is 0. The van der Waals surface area contributed by atoms with Crippen molar-refractivity contribution in [2.24, 2.45) is 0 Å². The first-order valence-electron chi connectivity index (χ1n) is 5.79. The Morgan fingerprint density at radius 2 is 1.85 bits per heavy atom. The molecule has 20 heavy (non-hydrogen) atoms. The lowest BCUT2D eigenvalue weighted by molar-refractivity contribution is -0.384. The summed E-state index contributed by atoms with van der Waals surface area (Å²) in [6.45, 7) is 0. The molecule has 0 saturated heterocycles. The van der Waals surface area contributed by atoms with Crippen LogP contribution in [0.25, 0.3) is 21.7 Å². The third-order valence-electron chi connectivity index (χ3n) is 3.12. The van der Waals surface area contributed by atoms with E-state index in [0.29, 0.717) is 22.1 Å². The Labute approximate surface area is 112 Å². The molecule has 0 aliphatic carbocycles. The fourth-order valence-electron chi connectivity index (χ4n) is 2.14. The zero-order chi connectivity index (χ0) is 14.3. The van der Waals surface area contributed by atoms with Crippen LogP contribution in [-0.4, -0.2) is 12.0 Å². The molecule has 0 saturated carbocycles. The van der Waals surface area contributed by atoms with Gasteiger partial charge in [-0.15, -0.1) is 0 Å². The molecule has 0 fully saturated rings. The number of fused-ring (bicyclic) bond motifs is 3. The minimum atomic E-state index is -0.607. The Balaban J connectivity index is 2.42. The maximum absolute atomic E-state index is 11.9. The van der Waals surface area contributed by atoms with Gasteiger partial charge in [-0.05, 0) is 18.2 Å². The van der Waals surface area contributed by atoms with E-state index in [9.17, 15) is 14.9 Å². The molecule has 0 aliphatic heterocycles. The van der Waals surface area contributed by atoms with Gasteiger partial charge in [0.1, 0.15) is 11.3 Å². The Morgan fingerprint density at radius 1 is 1.10 bits per heavy atom. The topological polar surface area (TPSA) is 82.6 Å². The monoisotopic (exact) mass is 271 g/mol. The molecule has 0 bridgehead atoms. The molecule has 0 aliphatic rings. The van der Waals surface area contributed by atoms with Crippen LogP contribution in [0.3, 0.4) is 0 Å². The molecule has 0 unspecified atom stereocenters. The zero-order valence-corrected chi connectivity index (χ0v) is 10.5. The fraction of sp³-hybridized carbons (Fsp3) is 0.0714. The van der Waals surface area contributed by atoms with Gasteiger partial charge in [-0.1, -0.05) is 0 Å². The quantitative estimate of drug-likeness (QED) is 0.310. The van der Waals surface area contributed by atoms with Crippen molar-refractivity contribution in [3.63, 3.8) is 0 Å². The lowest BCUT2D eigenvalue weighted by Gasteiger charge is -2.04. The molecule has 6 heteroatoms. The standard InChI is InChI=1S/C14H9NO5/c1-19-9-3-5-11-10-4-2-8(15(17)18)6-12(10)14(16)20-13(11)7-9/h2-7H,1H3. The van der Waals surface area contributed by atoms with Crippen molar-refractivity contribution in [2.75, 3.05) is 7.11 Å². The minimum absolute atomic E-state index is 0.141. The summed E-state index contributed by atoms with van der Waals surface area (Å²) in [5.41, 5.74) is -0.363. The number of rotatable bonds is 2. The van der Waals surface area contributed by atoms with E-state index in [0.717, 1.165) is 0 Å². The van der Waals surface area contributed by atoms with E-state index >= 15 is 0 Å². The van der Waals surface area contributed by atoms with Gasteiger partial charge in [0.15, 0.2) is 0 Å². The van der Waals surface area contributed by atoms with Crippen LogP contribution < -0.4 is 10.4 Å². The molecule has 0 N–H and O–H groups in total. The molecule has 100 valence electrons. The highest BCUT2D eigenvalue weighted by Crippen LogP contribution is 2.28. The van der Waals surface area contributed by atoms with Crippen LogP contribution in [0, 0.1) is 10.1 Å². The van der Waals surface area contributed by atoms with E-state index in [1.165, 1.54) is 19.2 Å². The summed E-state index contributed by atoms with van der Waals surface area (Å²) in [4.78, 5) is 22.2. The maximum Gasteiger partial charge on any atom is 0.344 e. The summed E-state index contributed by atoms with van der Waals surface area (Å²) in [5.74, 6) is 0.571. The van der Waals surface area contributed by atoms with Crippen molar-refractivity contribution >= 4 is 27.4 Å². The Morgan fingerprint density at radius 3 is 2.55 bits per heavy atom. The molecular weight excluding hydrogens is 262 g/mol. The molecule has 3 rings (SSSR count). The number of hydrogen-bond donors (Lipinski definition) is 0. The van der Waals surface area contributed by atoms with Crippen molar-refractivity contribution in [3.8, 4) is 5.75 Å². The molecule has 0 radical (unpaired) electrons. The molecule has 6 nitrogen and oxygen atoms in total. The van der Waals surface area contributed by atoms with Gasteiger partial charge >= 0.3 is 5.63 Å². The molecule has 0 amide bonds. The van der Waals surface area contributed by atoms with Gasteiger partial charge < -0.3 is 9.15 Å². The number of nitro groups is 1. The number of nitro benzene ring substituents is 1. The second kappa shape index (κ2) is 4.34. The zero-order valence-electron chi connectivity index (χ0n) is 10.5. The summed E-state index contributed by atoms with van der Waals surface area (Å²) >= 11 is 0. The second-order valence-electron chi connectivity index (χ2n) is 4.24. The van der Waals surface area contributed by atoms with Crippen molar-refractivity contribution in [3.05, 3.63) is 56.9 Å². The minimum Gasteiger partial charge on any atom is -0.497 e. The van der Waals surface area contributed by atoms with Gasteiger partial charge in [-0.2, -0.15) is 0 Å². The second-order valence-corrected chi connectivity index (χ2v) is 4.24. The smallest absolute Gasteiger partial charge is 0.344 e. The predicted octanol–water partition coefficient (Wildman–Crippen LogP) is 2.86. The number of methoxy groups -OCH3 is 1. The number of ether oxygens (including phenoxy) is 1. The number of hydrogen-bond acceptors (Lipinski definition) is 5. The Kier molecular flexibility index (Phi) is 2.64. The van der Waals surface area contributed by atoms with Gasteiger partial charge in [0, 0.05) is 29.0 Å². The van der Waals surface area contributed by atoms with Crippen LogP contribution in [-0.2, 0) is 0 Å². The molecular formula is C14H9NO5. The SMILES string of the molecule is COc1ccc2c(c1)oc(=O)c1cc([N+](=O)[O-])ccc12. The van der Waals surface area contributed by atoms with E-state index < -0.39 is 10.5 Å². The average molecular weight is 271 g/mol. The molecule has 3 aromatic rings. The van der Waals surface area contributed by atoms with Gasteiger partial charge in [-0.25, -0.2) is 4.79 Å². The number of non-ortho nitro benzene ring substituents is 1. The van der Waals surface area contributed by atoms with Crippen LogP contribution >= 0.6 is 0 Å². The van der Waals surface area contributed by atoms with Crippen LogP contribution in [0.1, 0.15) is 0 Å². The van der Waals surface area contributed by atoms with E-state index in [1.807, 2.05) is 0 Å². The summed E-state index contributed by atoms with van der Waals surface area (Å²) in [5, 5.41) is 12.3. The van der Waals surface area contributed by atoms with Crippen LogP contribution in [0.4, 0.5) is 5.69 Å². The van der Waals surface area contributed by atoms with Gasteiger partial charge in [-0.3, -0.25) is 10.1 Å². The third-order valence-corrected chi connectivity index (χ3v) is 3.12. The van der Waals surface area contributed by atoms with E-state index in [2.05, 4.69) is 0 Å². The Bertz CT molecular complexity index is 897. The van der Waals surface area contributed by atoms with Crippen molar-refractivity contribution in [1.29, 1.82) is 0 Å². The van der Waals surface area contributed by atoms with Gasteiger partial charge in [0.05, 0.1) is 17.4 Å². The summed E-state index contributed by atoms with van der Waals surface area (Å²) in [6, 6.07) is 9.25. The molecule has 1 heterocycles. The van der Waals surface area contributed by atoms with Gasteiger partial charge in [0.25, 0.3) is 5.69 Å². The van der Waals surface area contributed by atoms with Crippen LogP contribution in [0.15, 0.2) is 45.6 Å². The fourth-order valence-corrected chi connectivity index (χ4v) is 2.14. The van der Waals surface area contributed by atoms with Crippen molar-refractivity contribution in [1.82, 2.24) is 0 Å². The highest BCUT2D eigenvalue weighted by atomic mass is 16.6. The largest absolute Gasteiger partial charge is 0.497 e. The summed E-state index contributed by atoms with van der Waals surface area (Å²) < 4.78 is 10.3. The normalized spacial score (nSPS) is 10.8. The van der Waals surface area contributed by atoms with Crippen molar-refractivity contribution < 1.29 is 14.1 Å². The van der Waals surface area contributed by atoms with E-state index in [-0.39, 0.29) is 11.1 Å². The maximum atomic E-state index is 11.9. The van der Waals surface area contributed by atoms with E-state index in [4.69, 9.17) is 9.15 Å². The average Bonchev–Trinajstić information content (AvgIpc) is 2.46. The van der Waals surface area contributed by atoms with Crippen LogP contribution in [0.2, 0.25) is 0 Å². The predicted molar refractivity (Wildman–Crippen MR) is 73.2 cm³/mol. The van der Waals surface area contributed by atoms with E-state index in [1.54, 1.807) is 24.3 Å². The molecule has 1 aromatic heterocycles. The number of benzene rings is 2. The first kappa shape index (κ1) is 12.2. The van der Waals surface area contributed by atoms with Gasteiger partial charge in [0.2, 0.25) is 0 Å². The third kappa shape index (κ3) is 1.78. The van der Waals surface area contributed by atoms with Crippen LogP contribution in [0.5, 0.6) is 5.75 Å². The summed E-state index contributed by atoms with van der Waals surface area (Å²) in [7, 11) is 1.52. The van der Waals surface area contributed by atoms with Crippen molar-refractivity contribution in [2.45, 2.75) is 0 Å². The number of nitrogens with zero attached hydrogens (tertiary/aromatic N) is 1. The first-order chi connectivity index (χ1) is 9.60. The highest BCUT2D eigenvalue weighted by molar-refractivity contribution is 6.05. The highest BCUT2D eigenvalue weighted by Gasteiger charge is 2.13. The lowest BCUT2D eigenvalue weighted by atomic mass is 10.1. The Hall–Kier alpha value is -2.89. The lowest BCUT2D eigenvalue weighted by Crippen LogP contribution is -2.01. The molecule has 2 aromatic carbocycles. The molecule has 0 spiro atoms.